The molecule has 39 heavy (non-hydrogen) atoms. The predicted molar refractivity (Wildman–Crippen MR) is 141 cm³/mol. The molecule has 1 aliphatic rings. The van der Waals surface area contributed by atoms with Crippen LogP contribution in [0, 0.1) is 0 Å². The number of phenolic OH excluding ortho intramolecular Hbond substituents is 1. The summed E-state index contributed by atoms with van der Waals surface area (Å²) in [6.07, 6.45) is -3.98. The number of urea groups is 1. The number of halogens is 3. The number of quaternary nitrogens is 1. The number of aromatic hydroxyl groups is 1. The van der Waals surface area contributed by atoms with Gasteiger partial charge >= 0.3 is 12.2 Å². The molecule has 1 aliphatic heterocycles. The quantitative estimate of drug-likeness (QED) is 0.239. The van der Waals surface area contributed by atoms with Gasteiger partial charge in [-0.3, -0.25) is 14.5 Å². The number of primary amides is 1. The molecule has 1 atom stereocenters. The van der Waals surface area contributed by atoms with Crippen molar-refractivity contribution in [3.63, 3.8) is 0 Å². The molecule has 7 N–H and O–H groups in total. The summed E-state index contributed by atoms with van der Waals surface area (Å²) in [7, 11) is 0. The molecule has 4 amide bonds. The molecule has 1 saturated heterocycles. The van der Waals surface area contributed by atoms with Crippen molar-refractivity contribution < 1.29 is 32.7 Å². The fourth-order valence-corrected chi connectivity index (χ4v) is 4.82. The largest absolute Gasteiger partial charge is 0.503 e. The summed E-state index contributed by atoms with van der Waals surface area (Å²) in [4.78, 5) is 39.1. The second kappa shape index (κ2) is 11.9. The van der Waals surface area contributed by atoms with Crippen molar-refractivity contribution in [3.05, 3.63) is 53.1 Å². The molecule has 3 rings (SSSR count). The third-order valence-corrected chi connectivity index (χ3v) is 7.08. The van der Waals surface area contributed by atoms with Crippen molar-refractivity contribution in [1.82, 2.24) is 20.0 Å². The van der Waals surface area contributed by atoms with E-state index in [1.165, 1.54) is 0 Å². The van der Waals surface area contributed by atoms with E-state index in [1.54, 1.807) is 18.2 Å². The molecule has 13 heteroatoms. The van der Waals surface area contributed by atoms with Crippen LogP contribution in [0.3, 0.4) is 0 Å². The SMILES string of the molecule is CC[N+](CC)(C(N)=O)c1cc(CN2CC[C@@H](NC(=O)CNC(=O)c3cc(C(F)(F)F)ccc3N)C2)ccc1O. The zero-order valence-corrected chi connectivity index (χ0v) is 21.8. The maximum atomic E-state index is 13.0. The average molecular weight is 552 g/mol. The second-order valence-electron chi connectivity index (χ2n) is 9.53. The van der Waals surface area contributed by atoms with Gasteiger partial charge in [-0.25, -0.2) is 9.28 Å². The molecule has 0 bridgehead atoms. The number of carbonyl (C=O) groups excluding carboxylic acids is 3. The number of nitrogens with two attached hydrogens (primary N) is 2. The number of carbonyl (C=O) groups is 3. The number of rotatable bonds is 9. The van der Waals surface area contributed by atoms with Gasteiger partial charge in [-0.2, -0.15) is 13.2 Å². The van der Waals surface area contributed by atoms with Gasteiger partial charge in [0.25, 0.3) is 5.91 Å². The van der Waals surface area contributed by atoms with Crippen LogP contribution in [0.2, 0.25) is 0 Å². The standard InChI is InChI=1S/C26H33F3N6O4/c1-3-35(4-2,25(31)39)21-11-16(5-8-22(21)36)14-34-10-9-18(15-34)33-23(37)13-32-24(38)19-12-17(26(27,28)29)6-7-20(19)30/h5-8,11-12,18H,3-4,9-10,13-15H2,1-2H3,(H6-,30,31,32,33,36,37,38,39)/p+1/t18-/m1/s1. The third-order valence-electron chi connectivity index (χ3n) is 7.08. The van der Waals surface area contributed by atoms with Crippen molar-refractivity contribution in [2.45, 2.75) is 39.0 Å². The number of benzene rings is 2. The molecule has 0 unspecified atom stereocenters. The maximum absolute atomic E-state index is 13.0. The number of hydrogen-bond donors (Lipinski definition) is 5. The van der Waals surface area contributed by atoms with E-state index in [9.17, 15) is 32.7 Å². The van der Waals surface area contributed by atoms with E-state index in [2.05, 4.69) is 15.5 Å². The van der Waals surface area contributed by atoms with E-state index >= 15 is 0 Å². The number of phenols is 1. The van der Waals surface area contributed by atoms with Crippen LogP contribution in [0.25, 0.3) is 0 Å². The van der Waals surface area contributed by atoms with Crippen molar-refractivity contribution >= 4 is 29.2 Å². The van der Waals surface area contributed by atoms with Crippen molar-refractivity contribution in [2.75, 3.05) is 38.5 Å². The van der Waals surface area contributed by atoms with Gasteiger partial charge in [0.05, 0.1) is 30.8 Å². The first-order valence-electron chi connectivity index (χ1n) is 12.6. The van der Waals surface area contributed by atoms with Gasteiger partial charge < -0.3 is 27.2 Å². The molecule has 0 aliphatic carbocycles. The minimum absolute atomic E-state index is 0.0123. The van der Waals surface area contributed by atoms with Crippen molar-refractivity contribution in [1.29, 1.82) is 0 Å². The smallest absolute Gasteiger partial charge is 0.419 e. The Balaban J connectivity index is 1.56. The van der Waals surface area contributed by atoms with Crippen LogP contribution in [0.5, 0.6) is 5.75 Å². The van der Waals surface area contributed by atoms with E-state index in [-0.39, 0.29) is 27.5 Å². The summed E-state index contributed by atoms with van der Waals surface area (Å²) in [5.41, 5.74) is 11.1. The van der Waals surface area contributed by atoms with Gasteiger partial charge in [-0.1, -0.05) is 6.07 Å². The van der Waals surface area contributed by atoms with Crippen molar-refractivity contribution in [3.8, 4) is 5.75 Å². The zero-order chi connectivity index (χ0) is 29.0. The molecule has 212 valence electrons. The van der Waals surface area contributed by atoms with Crippen LogP contribution in [-0.4, -0.2) is 66.6 Å². The number of likely N-dealkylation sites (tertiary alicyclic amines) is 1. The Labute approximate surface area is 224 Å². The van der Waals surface area contributed by atoms with E-state index in [0.717, 1.165) is 17.7 Å². The lowest BCUT2D eigenvalue weighted by molar-refractivity contribution is -0.137. The van der Waals surface area contributed by atoms with Crippen LogP contribution < -0.4 is 26.6 Å². The molecule has 0 aromatic heterocycles. The van der Waals surface area contributed by atoms with Gasteiger partial charge in [0, 0.05) is 37.4 Å². The fraction of sp³-hybridized carbons (Fsp3) is 0.423. The molecule has 2 aromatic carbocycles. The Morgan fingerprint density at radius 1 is 1.13 bits per heavy atom. The summed E-state index contributed by atoms with van der Waals surface area (Å²) in [5, 5.41) is 15.6. The number of amides is 4. The van der Waals surface area contributed by atoms with Crippen LogP contribution in [0.15, 0.2) is 36.4 Å². The van der Waals surface area contributed by atoms with Gasteiger partial charge in [0.15, 0.2) is 11.4 Å². The predicted octanol–water partition coefficient (Wildman–Crippen LogP) is 2.54. The second-order valence-corrected chi connectivity index (χ2v) is 9.53. The fourth-order valence-electron chi connectivity index (χ4n) is 4.82. The van der Waals surface area contributed by atoms with Gasteiger partial charge in [-0.15, -0.1) is 0 Å². The van der Waals surface area contributed by atoms with Crippen LogP contribution in [-0.2, 0) is 17.5 Å². The summed E-state index contributed by atoms with van der Waals surface area (Å²) < 4.78 is 38.7. The Morgan fingerprint density at radius 2 is 1.82 bits per heavy atom. The molecule has 1 fully saturated rings. The van der Waals surface area contributed by atoms with Crippen LogP contribution >= 0.6 is 0 Å². The van der Waals surface area contributed by atoms with Crippen LogP contribution in [0.4, 0.5) is 29.3 Å². The van der Waals surface area contributed by atoms with Crippen molar-refractivity contribution in [2.24, 2.45) is 5.73 Å². The molecular weight excluding hydrogens is 517 g/mol. The Hall–Kier alpha value is -3.84. The Morgan fingerprint density at radius 3 is 2.44 bits per heavy atom. The summed E-state index contributed by atoms with van der Waals surface area (Å²) in [6, 6.07) is 6.76. The lowest BCUT2D eigenvalue weighted by atomic mass is 10.1. The summed E-state index contributed by atoms with van der Waals surface area (Å²) >= 11 is 0. The Bertz CT molecular complexity index is 1230. The minimum atomic E-state index is -4.63. The highest BCUT2D eigenvalue weighted by Gasteiger charge is 2.37. The number of nitrogen functional groups attached to an aromatic ring is 1. The lowest BCUT2D eigenvalue weighted by Crippen LogP contribution is -2.57. The highest BCUT2D eigenvalue weighted by atomic mass is 19.4. The number of nitrogens with one attached hydrogen (secondary N) is 2. The first-order chi connectivity index (χ1) is 18.3. The first kappa shape index (κ1) is 29.7. The Kier molecular flexibility index (Phi) is 9.07. The maximum Gasteiger partial charge on any atom is 0.419 e. The highest BCUT2D eigenvalue weighted by Crippen LogP contribution is 2.34. The summed E-state index contributed by atoms with van der Waals surface area (Å²) in [6.45, 7) is 5.70. The zero-order valence-electron chi connectivity index (χ0n) is 21.8. The first-order valence-corrected chi connectivity index (χ1v) is 12.6. The number of anilines is 1. The minimum Gasteiger partial charge on any atom is -0.503 e. The molecule has 1 heterocycles. The molecular formula is C26H34F3N6O4+. The van der Waals surface area contributed by atoms with E-state index in [4.69, 9.17) is 11.5 Å². The van der Waals surface area contributed by atoms with Crippen LogP contribution in [0.1, 0.15) is 41.8 Å². The van der Waals surface area contributed by atoms with Gasteiger partial charge in [0.2, 0.25) is 5.91 Å². The topological polar surface area (TPSA) is 151 Å². The lowest BCUT2D eigenvalue weighted by Gasteiger charge is -2.32. The van der Waals surface area contributed by atoms with Gasteiger partial charge in [0.1, 0.15) is 0 Å². The normalized spacial score (nSPS) is 16.2. The molecule has 10 nitrogen and oxygen atoms in total. The monoisotopic (exact) mass is 551 g/mol. The van der Waals surface area contributed by atoms with E-state index < -0.39 is 36.1 Å². The number of nitrogens with zero attached hydrogens (tertiary/aromatic N) is 2. The molecule has 2 aromatic rings. The van der Waals surface area contributed by atoms with E-state index in [0.29, 0.717) is 50.9 Å². The van der Waals surface area contributed by atoms with E-state index in [1.807, 2.05) is 13.8 Å². The average Bonchev–Trinajstić information content (AvgIpc) is 3.31. The number of alkyl halides is 3. The van der Waals surface area contributed by atoms with Gasteiger partial charge in [-0.05, 0) is 50.1 Å². The molecule has 0 saturated carbocycles. The molecule has 0 spiro atoms. The molecule has 0 radical (unpaired) electrons. The highest BCUT2D eigenvalue weighted by molar-refractivity contribution is 6.00. The summed E-state index contributed by atoms with van der Waals surface area (Å²) in [5.74, 6) is -1.38. The third kappa shape index (κ3) is 6.79. The number of hydrogen-bond acceptors (Lipinski definition) is 6.